The Morgan fingerprint density at radius 3 is 2.60 bits per heavy atom. The molecule has 0 amide bonds. The number of hydrogen-bond donors (Lipinski definition) is 3. The Morgan fingerprint density at radius 2 is 2.20 bits per heavy atom. The van der Waals surface area contributed by atoms with Crippen LogP contribution in [0.15, 0.2) is 10.9 Å². The molecular formula is C8H8F2N2O3. The number of nitrogen functional groups attached to an aromatic ring is 1. The molecule has 0 aromatic carbocycles. The number of alkyl halides is 2. The Bertz CT molecular complexity index is 442. The van der Waals surface area contributed by atoms with Crippen LogP contribution in [0.2, 0.25) is 0 Å². The minimum Gasteiger partial charge on any atom is -0.481 e. The van der Waals surface area contributed by atoms with Gasteiger partial charge in [-0.05, 0) is 6.07 Å². The predicted octanol–water partition coefficient (Wildman–Crippen LogP) is 0.522. The summed E-state index contributed by atoms with van der Waals surface area (Å²) in [7, 11) is 0. The maximum atomic E-state index is 12.2. The van der Waals surface area contributed by atoms with Gasteiger partial charge in [0.15, 0.2) is 0 Å². The number of carbonyl (C=O) groups is 1. The summed E-state index contributed by atoms with van der Waals surface area (Å²) >= 11 is 0. The predicted molar refractivity (Wildman–Crippen MR) is 47.8 cm³/mol. The number of carboxylic acids is 1. The molecule has 15 heavy (non-hydrogen) atoms. The summed E-state index contributed by atoms with van der Waals surface area (Å²) in [6.45, 7) is 0. The van der Waals surface area contributed by atoms with Crippen LogP contribution in [0.4, 0.5) is 14.5 Å². The summed E-state index contributed by atoms with van der Waals surface area (Å²) in [6, 6.07) is 0.865. The molecule has 5 nitrogen and oxygen atoms in total. The van der Waals surface area contributed by atoms with Crippen molar-refractivity contribution in [2.24, 2.45) is 0 Å². The number of nitrogens with one attached hydrogen (secondary N) is 1. The minimum atomic E-state index is -2.85. The second-order valence-corrected chi connectivity index (χ2v) is 2.86. The maximum Gasteiger partial charge on any atom is 0.308 e. The molecule has 0 saturated heterocycles. The van der Waals surface area contributed by atoms with Gasteiger partial charge in [-0.2, -0.15) is 0 Å². The summed E-state index contributed by atoms with van der Waals surface area (Å²) in [6.07, 6.45) is -3.44. The first kappa shape index (κ1) is 11.2. The van der Waals surface area contributed by atoms with Crippen LogP contribution < -0.4 is 11.3 Å². The van der Waals surface area contributed by atoms with Crippen molar-refractivity contribution in [3.8, 4) is 0 Å². The van der Waals surface area contributed by atoms with Gasteiger partial charge in [-0.1, -0.05) is 0 Å². The fourth-order valence-corrected chi connectivity index (χ4v) is 1.08. The standard InChI is InChI=1S/C8H8F2N2O3/c9-7(10)5-2-4(11)3(1-6(13)14)8(15)12-5/h2,7H,1H2,(H,13,14)(H3,11,12,15). The van der Waals surface area contributed by atoms with Crippen LogP contribution >= 0.6 is 0 Å². The van der Waals surface area contributed by atoms with Crippen molar-refractivity contribution < 1.29 is 18.7 Å². The summed E-state index contributed by atoms with van der Waals surface area (Å²) in [5, 5.41) is 8.44. The zero-order chi connectivity index (χ0) is 11.6. The van der Waals surface area contributed by atoms with Gasteiger partial charge in [0.05, 0.1) is 17.7 Å². The van der Waals surface area contributed by atoms with Crippen molar-refractivity contribution in [2.45, 2.75) is 12.8 Å². The number of H-pyrrole nitrogens is 1. The lowest BCUT2D eigenvalue weighted by atomic mass is 10.1. The number of hydrogen-bond acceptors (Lipinski definition) is 3. The van der Waals surface area contributed by atoms with Crippen LogP contribution in [0.5, 0.6) is 0 Å². The van der Waals surface area contributed by atoms with Gasteiger partial charge < -0.3 is 15.8 Å². The average molecular weight is 218 g/mol. The van der Waals surface area contributed by atoms with Crippen LogP contribution in [0, 0.1) is 0 Å². The number of rotatable bonds is 3. The SMILES string of the molecule is Nc1cc(C(F)F)[nH]c(=O)c1CC(=O)O. The number of nitrogens with two attached hydrogens (primary N) is 1. The zero-order valence-electron chi connectivity index (χ0n) is 7.46. The molecule has 0 saturated carbocycles. The number of aromatic amines is 1. The first-order chi connectivity index (χ1) is 6.91. The molecule has 1 rings (SSSR count). The third kappa shape index (κ3) is 2.52. The van der Waals surface area contributed by atoms with E-state index >= 15 is 0 Å². The van der Waals surface area contributed by atoms with E-state index in [2.05, 4.69) is 0 Å². The monoisotopic (exact) mass is 218 g/mol. The lowest BCUT2D eigenvalue weighted by molar-refractivity contribution is -0.136. The minimum absolute atomic E-state index is 0.216. The first-order valence-electron chi connectivity index (χ1n) is 3.93. The van der Waals surface area contributed by atoms with Crippen molar-refractivity contribution in [3.05, 3.63) is 27.7 Å². The first-order valence-corrected chi connectivity index (χ1v) is 3.93. The molecular weight excluding hydrogens is 210 g/mol. The van der Waals surface area contributed by atoms with E-state index in [1.807, 2.05) is 4.98 Å². The molecule has 0 fully saturated rings. The summed E-state index contributed by atoms with van der Waals surface area (Å²) in [5.41, 5.74) is 3.32. The van der Waals surface area contributed by atoms with E-state index in [-0.39, 0.29) is 11.3 Å². The van der Waals surface area contributed by atoms with Crippen molar-refractivity contribution >= 4 is 11.7 Å². The quantitative estimate of drug-likeness (QED) is 0.689. The zero-order valence-corrected chi connectivity index (χ0v) is 7.46. The Balaban J connectivity index is 3.21. The van der Waals surface area contributed by atoms with Crippen LogP contribution in [-0.4, -0.2) is 16.1 Å². The second-order valence-electron chi connectivity index (χ2n) is 2.86. The second kappa shape index (κ2) is 4.07. The van der Waals surface area contributed by atoms with Crippen molar-refractivity contribution in [2.75, 3.05) is 5.73 Å². The lowest BCUT2D eigenvalue weighted by Crippen LogP contribution is -2.20. The van der Waals surface area contributed by atoms with Crippen LogP contribution in [0.3, 0.4) is 0 Å². The fourth-order valence-electron chi connectivity index (χ4n) is 1.08. The number of carboxylic acid groups (broad SMARTS) is 1. The Kier molecular flexibility index (Phi) is 3.03. The highest BCUT2D eigenvalue weighted by atomic mass is 19.3. The topological polar surface area (TPSA) is 96.2 Å². The number of pyridine rings is 1. The summed E-state index contributed by atoms with van der Waals surface area (Å²) in [5.74, 6) is -1.25. The molecule has 1 aromatic heterocycles. The highest BCUT2D eigenvalue weighted by molar-refractivity contribution is 5.72. The maximum absolute atomic E-state index is 12.2. The number of aliphatic carboxylic acids is 1. The molecule has 82 valence electrons. The Hall–Kier alpha value is -1.92. The van der Waals surface area contributed by atoms with Gasteiger partial charge in [-0.25, -0.2) is 8.78 Å². The van der Waals surface area contributed by atoms with Crippen LogP contribution in [-0.2, 0) is 11.2 Å². The van der Waals surface area contributed by atoms with Crippen LogP contribution in [0.1, 0.15) is 17.7 Å². The molecule has 7 heteroatoms. The Morgan fingerprint density at radius 1 is 1.60 bits per heavy atom. The molecule has 0 bridgehead atoms. The van der Waals surface area contributed by atoms with E-state index in [0.717, 1.165) is 6.07 Å². The third-order valence-electron chi connectivity index (χ3n) is 1.75. The molecule has 0 unspecified atom stereocenters. The van der Waals surface area contributed by atoms with E-state index in [4.69, 9.17) is 10.8 Å². The van der Waals surface area contributed by atoms with Gasteiger partial charge in [0.1, 0.15) is 0 Å². The number of aromatic nitrogens is 1. The normalized spacial score (nSPS) is 10.6. The molecule has 0 atom stereocenters. The van der Waals surface area contributed by atoms with E-state index in [1.165, 1.54) is 0 Å². The highest BCUT2D eigenvalue weighted by Gasteiger charge is 2.15. The molecule has 0 aliphatic carbocycles. The van der Waals surface area contributed by atoms with Crippen molar-refractivity contribution in [3.63, 3.8) is 0 Å². The highest BCUT2D eigenvalue weighted by Crippen LogP contribution is 2.18. The average Bonchev–Trinajstić information content (AvgIpc) is 2.10. The molecule has 0 radical (unpaired) electrons. The van der Waals surface area contributed by atoms with E-state index in [0.29, 0.717) is 0 Å². The third-order valence-corrected chi connectivity index (χ3v) is 1.75. The van der Waals surface area contributed by atoms with Gasteiger partial charge >= 0.3 is 5.97 Å². The van der Waals surface area contributed by atoms with Gasteiger partial charge in [0, 0.05) is 5.69 Å². The lowest BCUT2D eigenvalue weighted by Gasteiger charge is -2.05. The van der Waals surface area contributed by atoms with Crippen molar-refractivity contribution in [1.82, 2.24) is 4.98 Å². The van der Waals surface area contributed by atoms with Gasteiger partial charge in [0.2, 0.25) is 0 Å². The number of halogens is 2. The number of anilines is 1. The molecule has 1 aromatic rings. The molecule has 0 aliphatic rings. The largest absolute Gasteiger partial charge is 0.481 e. The van der Waals surface area contributed by atoms with Crippen LogP contribution in [0.25, 0.3) is 0 Å². The fraction of sp³-hybridized carbons (Fsp3) is 0.250. The van der Waals surface area contributed by atoms with Gasteiger partial charge in [-0.3, -0.25) is 9.59 Å². The van der Waals surface area contributed by atoms with E-state index in [1.54, 1.807) is 0 Å². The molecule has 1 heterocycles. The van der Waals surface area contributed by atoms with E-state index < -0.39 is 30.1 Å². The molecule has 0 aliphatic heterocycles. The molecule has 4 N–H and O–H groups in total. The van der Waals surface area contributed by atoms with Gasteiger partial charge in [-0.15, -0.1) is 0 Å². The molecule has 0 spiro atoms. The Labute approximate surface area is 82.5 Å². The summed E-state index contributed by atoms with van der Waals surface area (Å²) < 4.78 is 24.4. The van der Waals surface area contributed by atoms with Crippen molar-refractivity contribution in [1.29, 1.82) is 0 Å². The summed E-state index contributed by atoms with van der Waals surface area (Å²) in [4.78, 5) is 23.4. The smallest absolute Gasteiger partial charge is 0.308 e. The van der Waals surface area contributed by atoms with E-state index in [9.17, 15) is 18.4 Å². The van der Waals surface area contributed by atoms with Gasteiger partial charge in [0.25, 0.3) is 12.0 Å².